The summed E-state index contributed by atoms with van der Waals surface area (Å²) in [6.07, 6.45) is 4.24. The van der Waals surface area contributed by atoms with Crippen molar-refractivity contribution in [2.75, 3.05) is 0 Å². The molecule has 1 N–H and O–H groups in total. The van der Waals surface area contributed by atoms with Gasteiger partial charge in [-0.15, -0.1) is 0 Å². The second-order valence-corrected chi connectivity index (χ2v) is 4.76. The van der Waals surface area contributed by atoms with E-state index in [1.807, 2.05) is 31.2 Å². The molecule has 88 valence electrons. The summed E-state index contributed by atoms with van der Waals surface area (Å²) < 4.78 is 1.68. The van der Waals surface area contributed by atoms with E-state index < -0.39 is 0 Å². The van der Waals surface area contributed by atoms with Gasteiger partial charge in [0.05, 0.1) is 5.69 Å². The Bertz CT molecular complexity index is 607. The van der Waals surface area contributed by atoms with Crippen LogP contribution in [0.4, 0.5) is 0 Å². The fraction of sp³-hybridized carbons (Fsp3) is 0.357. The van der Waals surface area contributed by atoms with Crippen molar-refractivity contribution >= 4 is 0 Å². The van der Waals surface area contributed by atoms with Gasteiger partial charge in [-0.25, -0.2) is 4.68 Å². The molecule has 3 heteroatoms. The van der Waals surface area contributed by atoms with Gasteiger partial charge in [0.25, 0.3) is 5.56 Å². The number of nitrogens with zero attached hydrogens (tertiary/aromatic N) is 1. The number of H-pyrrole nitrogens is 1. The third-order valence-electron chi connectivity index (χ3n) is 3.44. The van der Waals surface area contributed by atoms with Crippen LogP contribution in [0.25, 0.3) is 5.69 Å². The van der Waals surface area contributed by atoms with Crippen LogP contribution in [0.15, 0.2) is 29.1 Å². The van der Waals surface area contributed by atoms with E-state index in [0.717, 1.165) is 36.2 Å². The largest absolute Gasteiger partial charge is 0.295 e. The summed E-state index contributed by atoms with van der Waals surface area (Å²) in [6, 6.07) is 8.02. The number of aryl methyl sites for hydroxylation is 2. The molecule has 1 aliphatic rings. The number of rotatable bonds is 1. The van der Waals surface area contributed by atoms with Crippen LogP contribution in [0, 0.1) is 6.92 Å². The molecule has 3 nitrogen and oxygen atoms in total. The van der Waals surface area contributed by atoms with Crippen molar-refractivity contribution in [1.82, 2.24) is 9.78 Å². The highest BCUT2D eigenvalue weighted by Crippen LogP contribution is 2.17. The molecule has 0 unspecified atom stereocenters. The Labute approximate surface area is 100 Å². The summed E-state index contributed by atoms with van der Waals surface area (Å²) in [4.78, 5) is 12.3. The van der Waals surface area contributed by atoms with Gasteiger partial charge in [-0.2, -0.15) is 0 Å². The average molecular weight is 228 g/mol. The summed E-state index contributed by atoms with van der Waals surface area (Å²) in [6.45, 7) is 2.04. The molecule has 0 atom stereocenters. The van der Waals surface area contributed by atoms with Gasteiger partial charge in [-0.05, 0) is 50.3 Å². The summed E-state index contributed by atoms with van der Waals surface area (Å²) in [5.74, 6) is 0. The van der Waals surface area contributed by atoms with Crippen LogP contribution in [-0.2, 0) is 12.8 Å². The van der Waals surface area contributed by atoms with Crippen molar-refractivity contribution in [1.29, 1.82) is 0 Å². The normalized spacial score (nSPS) is 14.6. The lowest BCUT2D eigenvalue weighted by atomic mass is 9.98. The van der Waals surface area contributed by atoms with Gasteiger partial charge in [0.15, 0.2) is 0 Å². The maximum absolute atomic E-state index is 12.3. The lowest BCUT2D eigenvalue weighted by molar-refractivity contribution is 0.671. The number of nitrogens with one attached hydrogen (secondary N) is 1. The minimum absolute atomic E-state index is 0.130. The molecule has 0 bridgehead atoms. The Morgan fingerprint density at radius 3 is 2.82 bits per heavy atom. The fourth-order valence-electron chi connectivity index (χ4n) is 2.53. The van der Waals surface area contributed by atoms with E-state index >= 15 is 0 Å². The molecule has 0 amide bonds. The quantitative estimate of drug-likeness (QED) is 0.799. The van der Waals surface area contributed by atoms with Crippen LogP contribution >= 0.6 is 0 Å². The van der Waals surface area contributed by atoms with E-state index in [-0.39, 0.29) is 5.56 Å². The Hall–Kier alpha value is -1.77. The molecule has 1 aliphatic carbocycles. The van der Waals surface area contributed by atoms with Gasteiger partial charge in [0.2, 0.25) is 0 Å². The first kappa shape index (κ1) is 10.4. The monoisotopic (exact) mass is 228 g/mol. The number of hydrogen-bond donors (Lipinski definition) is 1. The lowest BCUT2D eigenvalue weighted by Crippen LogP contribution is -2.18. The maximum atomic E-state index is 12.3. The predicted octanol–water partition coefficient (Wildman–Crippen LogP) is 2.35. The molecule has 1 aromatic carbocycles. The van der Waals surface area contributed by atoms with Crippen molar-refractivity contribution in [3.8, 4) is 5.69 Å². The third kappa shape index (κ3) is 1.71. The van der Waals surface area contributed by atoms with Crippen LogP contribution in [0.2, 0.25) is 0 Å². The molecule has 2 aromatic rings. The van der Waals surface area contributed by atoms with Gasteiger partial charge >= 0.3 is 0 Å². The number of hydrogen-bond acceptors (Lipinski definition) is 1. The summed E-state index contributed by atoms with van der Waals surface area (Å²) in [5.41, 5.74) is 4.34. The van der Waals surface area contributed by atoms with Crippen molar-refractivity contribution in [3.63, 3.8) is 0 Å². The van der Waals surface area contributed by atoms with Crippen LogP contribution in [0.5, 0.6) is 0 Å². The molecule has 0 saturated carbocycles. The third-order valence-corrected chi connectivity index (χ3v) is 3.44. The standard InChI is InChI=1S/C14H16N2O/c1-10-5-4-6-11(9-10)16-14(17)12-7-2-3-8-13(12)15-16/h4-6,9,15H,2-3,7-8H2,1H3. The minimum Gasteiger partial charge on any atom is -0.295 e. The number of benzene rings is 1. The molecule has 0 saturated heterocycles. The zero-order valence-electron chi connectivity index (χ0n) is 9.99. The Balaban J connectivity index is 2.16. The molecule has 1 heterocycles. The topological polar surface area (TPSA) is 37.8 Å². The smallest absolute Gasteiger partial charge is 0.274 e. The van der Waals surface area contributed by atoms with E-state index in [4.69, 9.17) is 0 Å². The first-order valence-corrected chi connectivity index (χ1v) is 6.15. The number of aromatic nitrogens is 2. The highest BCUT2D eigenvalue weighted by molar-refractivity contribution is 5.36. The van der Waals surface area contributed by atoms with Gasteiger partial charge in [0.1, 0.15) is 0 Å². The predicted molar refractivity (Wildman–Crippen MR) is 67.8 cm³/mol. The van der Waals surface area contributed by atoms with Gasteiger partial charge in [0, 0.05) is 11.3 Å². The van der Waals surface area contributed by atoms with Crippen LogP contribution < -0.4 is 5.56 Å². The molecule has 0 radical (unpaired) electrons. The zero-order chi connectivity index (χ0) is 11.8. The van der Waals surface area contributed by atoms with Gasteiger partial charge in [-0.1, -0.05) is 12.1 Å². The Morgan fingerprint density at radius 1 is 1.24 bits per heavy atom. The molecule has 1 aromatic heterocycles. The van der Waals surface area contributed by atoms with Crippen molar-refractivity contribution in [2.24, 2.45) is 0 Å². The van der Waals surface area contributed by atoms with E-state index in [9.17, 15) is 4.79 Å². The lowest BCUT2D eigenvalue weighted by Gasteiger charge is -2.07. The van der Waals surface area contributed by atoms with E-state index in [2.05, 4.69) is 5.10 Å². The maximum Gasteiger partial charge on any atom is 0.274 e. The second-order valence-electron chi connectivity index (χ2n) is 4.76. The molecular weight excluding hydrogens is 212 g/mol. The number of fused-ring (bicyclic) bond motifs is 1. The summed E-state index contributed by atoms with van der Waals surface area (Å²) in [5, 5.41) is 3.25. The summed E-state index contributed by atoms with van der Waals surface area (Å²) >= 11 is 0. The average Bonchev–Trinajstić information content (AvgIpc) is 2.68. The minimum atomic E-state index is 0.130. The van der Waals surface area contributed by atoms with Crippen molar-refractivity contribution in [3.05, 3.63) is 51.4 Å². The molecule has 3 rings (SSSR count). The van der Waals surface area contributed by atoms with Crippen molar-refractivity contribution in [2.45, 2.75) is 32.6 Å². The van der Waals surface area contributed by atoms with Crippen LogP contribution in [0.1, 0.15) is 29.7 Å². The van der Waals surface area contributed by atoms with Crippen molar-refractivity contribution < 1.29 is 0 Å². The first-order valence-electron chi connectivity index (χ1n) is 6.15. The molecular formula is C14H16N2O. The van der Waals surface area contributed by atoms with Crippen LogP contribution in [-0.4, -0.2) is 9.78 Å². The zero-order valence-corrected chi connectivity index (χ0v) is 9.99. The van der Waals surface area contributed by atoms with E-state index in [0.29, 0.717) is 0 Å². The fourth-order valence-corrected chi connectivity index (χ4v) is 2.53. The van der Waals surface area contributed by atoms with Gasteiger partial charge in [-0.3, -0.25) is 9.89 Å². The molecule has 0 fully saturated rings. The number of aromatic amines is 1. The molecule has 0 aliphatic heterocycles. The molecule has 17 heavy (non-hydrogen) atoms. The SMILES string of the molecule is Cc1cccc(-n2[nH]c3c(c2=O)CCCC3)c1. The molecule has 0 spiro atoms. The summed E-state index contributed by atoms with van der Waals surface area (Å²) in [7, 11) is 0. The highest BCUT2D eigenvalue weighted by atomic mass is 16.1. The van der Waals surface area contributed by atoms with Crippen LogP contribution in [0.3, 0.4) is 0 Å². The van der Waals surface area contributed by atoms with Gasteiger partial charge < -0.3 is 0 Å². The second kappa shape index (κ2) is 3.91. The van der Waals surface area contributed by atoms with E-state index in [1.54, 1.807) is 4.68 Å². The van der Waals surface area contributed by atoms with E-state index in [1.165, 1.54) is 12.0 Å². The first-order chi connectivity index (χ1) is 8.25. The Morgan fingerprint density at radius 2 is 2.06 bits per heavy atom. The highest BCUT2D eigenvalue weighted by Gasteiger charge is 2.17. The Kier molecular flexibility index (Phi) is 2.39.